The van der Waals surface area contributed by atoms with E-state index in [0.717, 1.165) is 13.0 Å². The summed E-state index contributed by atoms with van der Waals surface area (Å²) in [6, 6.07) is 17.9. The predicted molar refractivity (Wildman–Crippen MR) is 97.7 cm³/mol. The smallest absolute Gasteiger partial charge is 0.0346 e. The molecule has 0 aliphatic rings. The van der Waals surface area contributed by atoms with Crippen LogP contribution in [0.25, 0.3) is 10.1 Å². The molecule has 0 amide bonds. The Morgan fingerprint density at radius 2 is 1.95 bits per heavy atom. The Bertz CT molecular complexity index is 744. The van der Waals surface area contributed by atoms with Gasteiger partial charge in [0.05, 0.1) is 0 Å². The molecule has 22 heavy (non-hydrogen) atoms. The largest absolute Gasteiger partial charge is 0.310 e. The second-order valence-electron chi connectivity index (χ2n) is 5.96. The van der Waals surface area contributed by atoms with Crippen LogP contribution >= 0.6 is 11.3 Å². The van der Waals surface area contributed by atoms with Crippen molar-refractivity contribution in [2.75, 3.05) is 6.54 Å². The van der Waals surface area contributed by atoms with Crippen molar-refractivity contribution >= 4 is 21.4 Å². The first-order valence-corrected chi connectivity index (χ1v) is 8.87. The fourth-order valence-electron chi connectivity index (χ4n) is 2.92. The number of hydrogen-bond acceptors (Lipinski definition) is 2. The second kappa shape index (κ2) is 7.08. The van der Waals surface area contributed by atoms with Gasteiger partial charge in [-0.3, -0.25) is 0 Å². The molecule has 0 spiro atoms. The van der Waals surface area contributed by atoms with Gasteiger partial charge in [0.25, 0.3) is 0 Å². The molecular formula is C20H23NS. The number of benzene rings is 2. The standard InChI is InChI=1S/C20H23NS/c1-15-7-5-8-17(13-15)9-6-12-21-16(2)19-14-22-20-11-4-3-10-18(19)20/h3-5,7-8,10-11,13-14,16,21H,6,9,12H2,1-2H3. The summed E-state index contributed by atoms with van der Waals surface area (Å²) in [4.78, 5) is 0. The van der Waals surface area contributed by atoms with Crippen LogP contribution in [0.2, 0.25) is 0 Å². The van der Waals surface area contributed by atoms with E-state index in [1.54, 1.807) is 0 Å². The lowest BCUT2D eigenvalue weighted by molar-refractivity contribution is 0.562. The second-order valence-corrected chi connectivity index (χ2v) is 6.87. The van der Waals surface area contributed by atoms with Crippen LogP contribution in [0.4, 0.5) is 0 Å². The molecule has 2 aromatic carbocycles. The van der Waals surface area contributed by atoms with Gasteiger partial charge in [0.2, 0.25) is 0 Å². The van der Waals surface area contributed by atoms with Gasteiger partial charge in [-0.25, -0.2) is 0 Å². The number of nitrogens with one attached hydrogen (secondary N) is 1. The highest BCUT2D eigenvalue weighted by molar-refractivity contribution is 7.17. The molecule has 1 nitrogen and oxygen atoms in total. The Hall–Kier alpha value is -1.64. The van der Waals surface area contributed by atoms with Crippen LogP contribution in [-0.2, 0) is 6.42 Å². The van der Waals surface area contributed by atoms with Crippen molar-refractivity contribution in [2.45, 2.75) is 32.7 Å². The maximum Gasteiger partial charge on any atom is 0.0346 e. The van der Waals surface area contributed by atoms with Crippen molar-refractivity contribution in [3.63, 3.8) is 0 Å². The first-order chi connectivity index (χ1) is 10.7. The van der Waals surface area contributed by atoms with Crippen LogP contribution in [-0.4, -0.2) is 6.54 Å². The van der Waals surface area contributed by atoms with E-state index in [1.165, 1.54) is 33.2 Å². The molecular weight excluding hydrogens is 286 g/mol. The highest BCUT2D eigenvalue weighted by atomic mass is 32.1. The van der Waals surface area contributed by atoms with Gasteiger partial charge in [0.1, 0.15) is 0 Å². The van der Waals surface area contributed by atoms with E-state index in [-0.39, 0.29) is 0 Å². The van der Waals surface area contributed by atoms with Gasteiger partial charge in [0, 0.05) is 10.7 Å². The van der Waals surface area contributed by atoms with Crippen LogP contribution in [0, 0.1) is 6.92 Å². The predicted octanol–water partition coefficient (Wildman–Crippen LogP) is 5.49. The molecule has 0 aliphatic carbocycles. The molecule has 0 saturated heterocycles. The Balaban J connectivity index is 1.53. The molecule has 1 heterocycles. The molecule has 0 saturated carbocycles. The molecule has 2 heteroatoms. The lowest BCUT2D eigenvalue weighted by Gasteiger charge is -2.13. The van der Waals surface area contributed by atoms with E-state index >= 15 is 0 Å². The van der Waals surface area contributed by atoms with Gasteiger partial charge in [-0.1, -0.05) is 48.0 Å². The van der Waals surface area contributed by atoms with Crippen LogP contribution < -0.4 is 5.32 Å². The maximum atomic E-state index is 3.67. The van der Waals surface area contributed by atoms with E-state index < -0.39 is 0 Å². The summed E-state index contributed by atoms with van der Waals surface area (Å²) in [5, 5.41) is 7.36. The lowest BCUT2D eigenvalue weighted by atomic mass is 10.1. The van der Waals surface area contributed by atoms with Crippen molar-refractivity contribution in [2.24, 2.45) is 0 Å². The average molecular weight is 309 g/mol. The topological polar surface area (TPSA) is 12.0 Å². The maximum absolute atomic E-state index is 3.67. The third-order valence-corrected chi connectivity index (χ3v) is 5.13. The zero-order valence-corrected chi connectivity index (χ0v) is 14.1. The van der Waals surface area contributed by atoms with Crippen LogP contribution in [0.3, 0.4) is 0 Å². The number of fused-ring (bicyclic) bond motifs is 1. The van der Waals surface area contributed by atoms with Crippen LogP contribution in [0.15, 0.2) is 53.9 Å². The Labute approximate surface area is 137 Å². The summed E-state index contributed by atoms with van der Waals surface area (Å²) in [6.07, 6.45) is 2.32. The molecule has 1 atom stereocenters. The number of rotatable bonds is 6. The zero-order chi connectivity index (χ0) is 15.4. The number of thiophene rings is 1. The van der Waals surface area contributed by atoms with E-state index in [2.05, 4.69) is 73.1 Å². The molecule has 114 valence electrons. The lowest BCUT2D eigenvalue weighted by Crippen LogP contribution is -2.20. The summed E-state index contributed by atoms with van der Waals surface area (Å²) in [6.45, 7) is 5.48. The Kier molecular flexibility index (Phi) is 4.91. The summed E-state index contributed by atoms with van der Waals surface area (Å²) in [5.74, 6) is 0. The molecule has 3 rings (SSSR count). The van der Waals surface area contributed by atoms with Gasteiger partial charge in [-0.05, 0) is 61.2 Å². The minimum atomic E-state index is 0.411. The van der Waals surface area contributed by atoms with E-state index in [9.17, 15) is 0 Å². The van der Waals surface area contributed by atoms with Crippen molar-refractivity contribution in [3.8, 4) is 0 Å². The first-order valence-electron chi connectivity index (χ1n) is 7.99. The molecule has 1 aromatic heterocycles. The highest BCUT2D eigenvalue weighted by Gasteiger charge is 2.10. The fraction of sp³-hybridized carbons (Fsp3) is 0.300. The summed E-state index contributed by atoms with van der Waals surface area (Å²) >= 11 is 1.84. The fourth-order valence-corrected chi connectivity index (χ4v) is 3.98. The SMILES string of the molecule is Cc1cccc(CCCNC(C)c2csc3ccccc23)c1. The van der Waals surface area contributed by atoms with Gasteiger partial charge < -0.3 is 5.32 Å². The summed E-state index contributed by atoms with van der Waals surface area (Å²) in [7, 11) is 0. The normalized spacial score (nSPS) is 12.6. The van der Waals surface area contributed by atoms with E-state index in [1.807, 2.05) is 11.3 Å². The first kappa shape index (κ1) is 15.3. The number of hydrogen-bond donors (Lipinski definition) is 1. The van der Waals surface area contributed by atoms with Crippen molar-refractivity contribution in [1.29, 1.82) is 0 Å². The van der Waals surface area contributed by atoms with Gasteiger partial charge >= 0.3 is 0 Å². The van der Waals surface area contributed by atoms with Crippen molar-refractivity contribution in [3.05, 3.63) is 70.6 Å². The van der Waals surface area contributed by atoms with Crippen LogP contribution in [0.1, 0.15) is 36.1 Å². The molecule has 1 N–H and O–H groups in total. The minimum Gasteiger partial charge on any atom is -0.310 e. The third kappa shape index (κ3) is 3.57. The average Bonchev–Trinajstić information content (AvgIpc) is 2.95. The summed E-state index contributed by atoms with van der Waals surface area (Å²) in [5.41, 5.74) is 4.22. The molecule has 0 bridgehead atoms. The van der Waals surface area contributed by atoms with Gasteiger partial charge in [-0.15, -0.1) is 11.3 Å². The Morgan fingerprint density at radius 3 is 2.82 bits per heavy atom. The number of aryl methyl sites for hydroxylation is 2. The van der Waals surface area contributed by atoms with E-state index in [0.29, 0.717) is 6.04 Å². The Morgan fingerprint density at radius 1 is 1.09 bits per heavy atom. The van der Waals surface area contributed by atoms with Crippen molar-refractivity contribution in [1.82, 2.24) is 5.32 Å². The van der Waals surface area contributed by atoms with Crippen LogP contribution in [0.5, 0.6) is 0 Å². The quantitative estimate of drug-likeness (QED) is 0.593. The molecule has 3 aromatic rings. The molecule has 0 radical (unpaired) electrons. The third-order valence-electron chi connectivity index (χ3n) is 4.15. The summed E-state index contributed by atoms with van der Waals surface area (Å²) < 4.78 is 1.38. The monoisotopic (exact) mass is 309 g/mol. The minimum absolute atomic E-state index is 0.411. The zero-order valence-electron chi connectivity index (χ0n) is 13.3. The molecule has 1 unspecified atom stereocenters. The molecule has 0 fully saturated rings. The van der Waals surface area contributed by atoms with E-state index in [4.69, 9.17) is 0 Å². The van der Waals surface area contributed by atoms with Gasteiger partial charge in [-0.2, -0.15) is 0 Å². The van der Waals surface area contributed by atoms with Gasteiger partial charge in [0.15, 0.2) is 0 Å². The van der Waals surface area contributed by atoms with Crippen molar-refractivity contribution < 1.29 is 0 Å². The highest BCUT2D eigenvalue weighted by Crippen LogP contribution is 2.29. The molecule has 0 aliphatic heterocycles.